The maximum Gasteiger partial charge on any atom is 0.119 e. The van der Waals surface area contributed by atoms with Gasteiger partial charge in [0.25, 0.3) is 0 Å². The Balaban J connectivity index is 0.000000447. The third-order valence-corrected chi connectivity index (χ3v) is 4.40. The van der Waals surface area contributed by atoms with Gasteiger partial charge in [0.15, 0.2) is 0 Å². The van der Waals surface area contributed by atoms with Crippen molar-refractivity contribution in [3.8, 4) is 11.1 Å². The molecule has 2 heteroatoms. The van der Waals surface area contributed by atoms with Gasteiger partial charge >= 0.3 is 0 Å². The van der Waals surface area contributed by atoms with E-state index in [-0.39, 0.29) is 0 Å². The molecule has 0 saturated heterocycles. The molecule has 4 rings (SSSR count). The van der Waals surface area contributed by atoms with Crippen molar-refractivity contribution >= 4 is 33.5 Å². The lowest BCUT2D eigenvalue weighted by Crippen LogP contribution is -1.88. The van der Waals surface area contributed by atoms with Gasteiger partial charge in [-0.25, -0.2) is 0 Å². The van der Waals surface area contributed by atoms with E-state index in [9.17, 15) is 4.79 Å². The molecule has 2 nitrogen and oxygen atoms in total. The Bertz CT molecular complexity index is 965. The van der Waals surface area contributed by atoms with Gasteiger partial charge in [0, 0.05) is 19.2 Å². The van der Waals surface area contributed by atoms with Gasteiger partial charge in [-0.05, 0) is 50.9 Å². The average Bonchev–Trinajstić information content (AvgIpc) is 2.72. The summed E-state index contributed by atoms with van der Waals surface area (Å²) < 4.78 is 0. The number of carbonyl (C=O) groups is 1. The molecule has 130 valence electrons. The molecule has 0 aromatic heterocycles. The lowest BCUT2D eigenvalue weighted by atomic mass is 9.92. The largest absolute Gasteiger partial charge is 0.388 e. The standard InChI is InChI=1S/C21H17N.C3H6O/c1-22-18-12-10-15(11-13-18)21-19-8-4-2-6-16(19)14-17-7-3-5-9-20(17)21;1-2-3-4/h2-14,22H,1H3;3H,2H2,1H3. The summed E-state index contributed by atoms with van der Waals surface area (Å²) in [5, 5.41) is 8.36. The zero-order chi connectivity index (χ0) is 18.4. The normalized spacial score (nSPS) is 10.2. The number of benzene rings is 4. The van der Waals surface area contributed by atoms with Crippen LogP contribution in [0.2, 0.25) is 0 Å². The topological polar surface area (TPSA) is 29.1 Å². The van der Waals surface area contributed by atoms with E-state index in [0.29, 0.717) is 6.42 Å². The van der Waals surface area contributed by atoms with E-state index in [1.54, 1.807) is 0 Å². The van der Waals surface area contributed by atoms with Gasteiger partial charge in [-0.3, -0.25) is 0 Å². The van der Waals surface area contributed by atoms with Crippen LogP contribution in [0, 0.1) is 0 Å². The minimum absolute atomic E-state index is 0.639. The van der Waals surface area contributed by atoms with Gasteiger partial charge in [0.2, 0.25) is 0 Å². The highest BCUT2D eigenvalue weighted by atomic mass is 16.1. The number of rotatable bonds is 3. The first kappa shape index (κ1) is 17.7. The Morgan fingerprint density at radius 2 is 1.31 bits per heavy atom. The molecule has 0 saturated carbocycles. The molecule has 0 aliphatic rings. The Morgan fingerprint density at radius 3 is 1.77 bits per heavy atom. The number of anilines is 1. The van der Waals surface area contributed by atoms with Crippen molar-refractivity contribution < 1.29 is 4.79 Å². The quantitative estimate of drug-likeness (QED) is 0.350. The molecule has 0 bridgehead atoms. The summed E-state index contributed by atoms with van der Waals surface area (Å²) in [7, 11) is 1.95. The fraction of sp³-hybridized carbons (Fsp3) is 0.125. The van der Waals surface area contributed by atoms with Crippen LogP contribution < -0.4 is 5.32 Å². The molecule has 0 aliphatic carbocycles. The van der Waals surface area contributed by atoms with Crippen LogP contribution in [-0.2, 0) is 4.79 Å². The molecule has 4 aromatic carbocycles. The number of carbonyl (C=O) groups excluding carboxylic acids is 1. The average molecular weight is 341 g/mol. The van der Waals surface area contributed by atoms with Gasteiger partial charge in [-0.15, -0.1) is 0 Å². The Kier molecular flexibility index (Phi) is 5.65. The Labute approximate surface area is 154 Å². The van der Waals surface area contributed by atoms with Gasteiger partial charge in [0.05, 0.1) is 0 Å². The molecule has 4 aromatic rings. The number of hydrogen-bond acceptors (Lipinski definition) is 2. The first-order valence-corrected chi connectivity index (χ1v) is 8.90. The summed E-state index contributed by atoms with van der Waals surface area (Å²) in [6.07, 6.45) is 1.51. The Hall–Kier alpha value is -3.13. The van der Waals surface area contributed by atoms with Crippen molar-refractivity contribution in [2.75, 3.05) is 12.4 Å². The monoisotopic (exact) mass is 341 g/mol. The predicted octanol–water partition coefficient (Wildman–Crippen LogP) is 6.30. The van der Waals surface area contributed by atoms with Gasteiger partial charge in [-0.2, -0.15) is 0 Å². The van der Waals surface area contributed by atoms with E-state index >= 15 is 0 Å². The summed E-state index contributed by atoms with van der Waals surface area (Å²) in [6.45, 7) is 1.81. The zero-order valence-electron chi connectivity index (χ0n) is 15.2. The highest BCUT2D eigenvalue weighted by Crippen LogP contribution is 2.36. The maximum absolute atomic E-state index is 9.17. The SMILES string of the molecule is CCC=O.CNc1ccc(-c2c3ccccc3cc3ccccc23)cc1. The number of fused-ring (bicyclic) bond motifs is 2. The molecule has 0 unspecified atom stereocenters. The van der Waals surface area contributed by atoms with Crippen molar-refractivity contribution in [3.05, 3.63) is 78.9 Å². The third kappa shape index (κ3) is 3.60. The van der Waals surface area contributed by atoms with Crippen LogP contribution >= 0.6 is 0 Å². The van der Waals surface area contributed by atoms with Crippen molar-refractivity contribution in [1.29, 1.82) is 0 Å². The minimum atomic E-state index is 0.639. The highest BCUT2D eigenvalue weighted by molar-refractivity contribution is 6.12. The first-order chi connectivity index (χ1) is 12.8. The van der Waals surface area contributed by atoms with Gasteiger partial charge in [-0.1, -0.05) is 67.6 Å². The molecule has 0 radical (unpaired) electrons. The molecule has 0 fully saturated rings. The van der Waals surface area contributed by atoms with Crippen LogP contribution in [0.15, 0.2) is 78.9 Å². The molecule has 0 atom stereocenters. The molecule has 26 heavy (non-hydrogen) atoms. The summed E-state index contributed by atoms with van der Waals surface area (Å²) in [5.41, 5.74) is 3.71. The van der Waals surface area contributed by atoms with Crippen LogP contribution in [0.3, 0.4) is 0 Å². The van der Waals surface area contributed by atoms with Crippen LogP contribution in [-0.4, -0.2) is 13.3 Å². The molecule has 0 aliphatic heterocycles. The van der Waals surface area contributed by atoms with E-state index < -0.39 is 0 Å². The lowest BCUT2D eigenvalue weighted by molar-refractivity contribution is -0.107. The molecule has 0 spiro atoms. The second-order valence-corrected chi connectivity index (χ2v) is 6.10. The molecule has 0 amide bonds. The molecule has 1 N–H and O–H groups in total. The van der Waals surface area contributed by atoms with Crippen molar-refractivity contribution in [2.24, 2.45) is 0 Å². The molecular weight excluding hydrogens is 318 g/mol. The Morgan fingerprint density at radius 1 is 0.808 bits per heavy atom. The maximum atomic E-state index is 9.17. The first-order valence-electron chi connectivity index (χ1n) is 8.90. The highest BCUT2D eigenvalue weighted by Gasteiger charge is 2.09. The predicted molar refractivity (Wildman–Crippen MR) is 113 cm³/mol. The van der Waals surface area contributed by atoms with Crippen molar-refractivity contribution in [1.82, 2.24) is 0 Å². The van der Waals surface area contributed by atoms with Crippen LogP contribution in [0.1, 0.15) is 13.3 Å². The number of hydrogen-bond donors (Lipinski definition) is 1. The fourth-order valence-corrected chi connectivity index (χ4v) is 3.13. The second-order valence-electron chi connectivity index (χ2n) is 6.10. The van der Waals surface area contributed by atoms with Crippen molar-refractivity contribution in [3.63, 3.8) is 0 Å². The van der Waals surface area contributed by atoms with E-state index in [1.807, 2.05) is 14.0 Å². The smallest absolute Gasteiger partial charge is 0.119 e. The van der Waals surface area contributed by atoms with Crippen LogP contribution in [0.4, 0.5) is 5.69 Å². The lowest BCUT2D eigenvalue weighted by Gasteiger charge is -2.12. The summed E-state index contributed by atoms with van der Waals surface area (Å²) in [5.74, 6) is 0. The van der Waals surface area contributed by atoms with Gasteiger partial charge in [0.1, 0.15) is 6.29 Å². The second kappa shape index (κ2) is 8.30. The van der Waals surface area contributed by atoms with Gasteiger partial charge < -0.3 is 10.1 Å². The van der Waals surface area contributed by atoms with E-state index in [4.69, 9.17) is 0 Å². The number of nitrogens with one attached hydrogen (secondary N) is 1. The summed E-state index contributed by atoms with van der Waals surface area (Å²) >= 11 is 0. The summed E-state index contributed by atoms with van der Waals surface area (Å²) in [4.78, 5) is 9.17. The van der Waals surface area contributed by atoms with E-state index in [1.165, 1.54) is 32.7 Å². The number of aldehydes is 1. The zero-order valence-corrected chi connectivity index (χ0v) is 15.2. The third-order valence-electron chi connectivity index (χ3n) is 4.40. The van der Waals surface area contributed by atoms with Crippen LogP contribution in [0.25, 0.3) is 32.7 Å². The van der Waals surface area contributed by atoms with E-state index in [0.717, 1.165) is 12.0 Å². The molecular formula is C24H23NO. The summed E-state index contributed by atoms with van der Waals surface area (Å²) in [6, 6.07) is 28.2. The fourth-order valence-electron chi connectivity index (χ4n) is 3.13. The minimum Gasteiger partial charge on any atom is -0.388 e. The van der Waals surface area contributed by atoms with Crippen molar-refractivity contribution in [2.45, 2.75) is 13.3 Å². The molecule has 0 heterocycles. The van der Waals surface area contributed by atoms with Crippen LogP contribution in [0.5, 0.6) is 0 Å². The van der Waals surface area contributed by atoms with E-state index in [2.05, 4.69) is 84.2 Å².